The van der Waals surface area contributed by atoms with Crippen LogP contribution in [0.1, 0.15) is 35.5 Å². The summed E-state index contributed by atoms with van der Waals surface area (Å²) in [5.74, 6) is 0. The van der Waals surface area contributed by atoms with Gasteiger partial charge in [0, 0.05) is 40.0 Å². The van der Waals surface area contributed by atoms with E-state index in [2.05, 4.69) is 27.7 Å². The molecule has 1 radical (unpaired) electrons. The van der Waals surface area contributed by atoms with Gasteiger partial charge >= 0.3 is 0 Å². The Balaban J connectivity index is 0. The van der Waals surface area contributed by atoms with E-state index >= 15 is 0 Å². The third kappa shape index (κ3) is 4.96. The monoisotopic (exact) mass is 251 g/mol. The second-order valence-corrected chi connectivity index (χ2v) is 7.46. The number of hydrogen-bond donors (Lipinski definition) is 0. The van der Waals surface area contributed by atoms with Crippen LogP contribution in [0, 0.1) is 0 Å². The van der Waals surface area contributed by atoms with Gasteiger partial charge < -0.3 is 0 Å². The molecule has 65 valence electrons. The molecular weight excluding hydrogens is 228 g/mol. The molecule has 0 aliphatic rings. The smallest absolute Gasteiger partial charge is 0.0619 e. The van der Waals surface area contributed by atoms with Crippen LogP contribution in [0.4, 0.5) is 0 Å². The van der Waals surface area contributed by atoms with E-state index in [0.717, 1.165) is 6.42 Å². The van der Waals surface area contributed by atoms with E-state index in [-0.39, 0.29) is 38.8 Å². The Morgan fingerprint density at radius 3 is 1.45 bits per heavy atom. The van der Waals surface area contributed by atoms with Crippen LogP contribution in [0.5, 0.6) is 0 Å². The molecule has 0 bridgehead atoms. The summed E-state index contributed by atoms with van der Waals surface area (Å²) in [6.45, 7) is 8.93. The molecule has 0 nitrogen and oxygen atoms in total. The summed E-state index contributed by atoms with van der Waals surface area (Å²) in [5, 5.41) is 0. The van der Waals surface area contributed by atoms with Gasteiger partial charge in [-0.05, 0) is 27.2 Å². The van der Waals surface area contributed by atoms with Gasteiger partial charge in [0.25, 0.3) is 0 Å². The molecule has 0 saturated heterocycles. The van der Waals surface area contributed by atoms with Crippen LogP contribution in [0.3, 0.4) is 0 Å². The van der Waals surface area contributed by atoms with Crippen molar-refractivity contribution in [3.8, 4) is 0 Å². The Labute approximate surface area is 99.5 Å². The molecular formula is C9H22PY+. The first-order chi connectivity index (χ1) is 5.16. The average Bonchev–Trinajstić information content (AvgIpc) is 2.08. The molecule has 0 aliphatic heterocycles. The first-order valence-electron chi connectivity index (χ1n) is 5.02. The van der Waals surface area contributed by atoms with Crippen LogP contribution in [-0.4, -0.2) is 24.6 Å². The minimum atomic E-state index is -0.863. The van der Waals surface area contributed by atoms with Gasteiger partial charge in [0.05, 0.1) is 26.0 Å². The average molecular weight is 251 g/mol. The van der Waals surface area contributed by atoms with Crippen molar-refractivity contribution in [1.82, 2.24) is 0 Å². The molecule has 0 spiro atoms. The van der Waals surface area contributed by atoms with Gasteiger partial charge in [0.2, 0.25) is 0 Å². The van der Waals surface area contributed by atoms with Crippen LogP contribution in [-0.2, 0) is 32.7 Å². The van der Waals surface area contributed by atoms with Crippen LogP contribution in [0.25, 0.3) is 0 Å². The number of rotatable bonds is 5. The predicted molar refractivity (Wildman–Crippen MR) is 53.7 cm³/mol. The Bertz CT molecular complexity index is 96.4. The molecule has 0 aromatic carbocycles. The van der Waals surface area contributed by atoms with Crippen molar-refractivity contribution >= 4 is 7.26 Å². The van der Waals surface area contributed by atoms with Gasteiger partial charge in [-0.25, -0.2) is 0 Å². The van der Waals surface area contributed by atoms with Crippen molar-refractivity contribution in [2.75, 3.05) is 24.6 Å². The van der Waals surface area contributed by atoms with Crippen molar-refractivity contribution < 1.29 is 34.1 Å². The quantitative estimate of drug-likeness (QED) is 0.656. The molecule has 2 heteroatoms. The molecule has 1 unspecified atom stereocenters. The largest absolute Gasteiger partial charge is 0.0708 e. The van der Waals surface area contributed by atoms with E-state index in [1.807, 2.05) is 0 Å². The fourth-order valence-corrected chi connectivity index (χ4v) is 4.34. The third-order valence-electron chi connectivity index (χ3n) is 2.46. The van der Waals surface area contributed by atoms with Crippen LogP contribution < -0.4 is 0 Å². The van der Waals surface area contributed by atoms with Crippen molar-refractivity contribution in [1.29, 1.82) is 0 Å². The minimum Gasteiger partial charge on any atom is -0.0619 e. The van der Waals surface area contributed by atoms with E-state index in [0.29, 0.717) is 0 Å². The first-order valence-corrected chi connectivity index (χ1v) is 6.86. The SMILES string of the molecule is [2H]C(CC)[P+](CC)(CC)CC.[Y]. The van der Waals surface area contributed by atoms with Crippen molar-refractivity contribution in [3.05, 3.63) is 0 Å². The van der Waals surface area contributed by atoms with E-state index in [4.69, 9.17) is 1.37 Å². The van der Waals surface area contributed by atoms with Crippen molar-refractivity contribution in [2.45, 2.75) is 34.1 Å². The molecule has 0 fully saturated rings. The summed E-state index contributed by atoms with van der Waals surface area (Å²) in [6.07, 6.45) is 5.09. The maximum Gasteiger partial charge on any atom is 0.0708 e. The van der Waals surface area contributed by atoms with Gasteiger partial charge in [-0.2, -0.15) is 0 Å². The molecule has 0 aromatic heterocycles. The van der Waals surface area contributed by atoms with Crippen LogP contribution >= 0.6 is 7.26 Å². The van der Waals surface area contributed by atoms with E-state index in [9.17, 15) is 0 Å². The molecule has 0 amide bonds. The maximum absolute atomic E-state index is 7.98. The van der Waals surface area contributed by atoms with Gasteiger partial charge in [-0.3, -0.25) is 0 Å². The zero-order valence-electron chi connectivity index (χ0n) is 9.43. The fraction of sp³-hybridized carbons (Fsp3) is 1.00. The first kappa shape index (κ1) is 12.5. The van der Waals surface area contributed by atoms with Crippen LogP contribution in [0.15, 0.2) is 0 Å². The van der Waals surface area contributed by atoms with Crippen molar-refractivity contribution in [2.24, 2.45) is 0 Å². The summed E-state index contributed by atoms with van der Waals surface area (Å²) in [4.78, 5) is 0. The molecule has 0 heterocycles. The standard InChI is InChI=1S/C9H22P.Y/c1-5-9-10(6-2,7-3)8-4;/h5-9H2,1-4H3;/q+1;/i9D;. The summed E-state index contributed by atoms with van der Waals surface area (Å²) < 4.78 is 7.98. The van der Waals surface area contributed by atoms with Crippen LogP contribution in [0.2, 0.25) is 0 Å². The van der Waals surface area contributed by atoms with E-state index < -0.39 is 7.26 Å². The molecule has 0 aliphatic carbocycles. The normalized spacial score (nSPS) is 15.1. The summed E-state index contributed by atoms with van der Waals surface area (Å²) in [5.41, 5.74) is 0. The summed E-state index contributed by atoms with van der Waals surface area (Å²) in [7, 11) is -0.863. The maximum atomic E-state index is 7.98. The van der Waals surface area contributed by atoms with Gasteiger partial charge in [0.1, 0.15) is 0 Å². The second kappa shape index (κ2) is 8.15. The molecule has 0 N–H and O–H groups in total. The topological polar surface area (TPSA) is 0 Å². The molecule has 0 saturated carbocycles. The van der Waals surface area contributed by atoms with Gasteiger partial charge in [0.15, 0.2) is 0 Å². The Morgan fingerprint density at radius 2 is 1.36 bits per heavy atom. The third-order valence-corrected chi connectivity index (χ3v) is 7.38. The van der Waals surface area contributed by atoms with E-state index in [1.54, 1.807) is 0 Å². The molecule has 11 heavy (non-hydrogen) atoms. The molecule has 0 rings (SSSR count). The van der Waals surface area contributed by atoms with E-state index in [1.165, 1.54) is 18.5 Å². The van der Waals surface area contributed by atoms with Gasteiger partial charge in [-0.15, -0.1) is 0 Å². The predicted octanol–water partition coefficient (Wildman–Crippen LogP) is 3.47. The summed E-state index contributed by atoms with van der Waals surface area (Å²) >= 11 is 0. The number of hydrogen-bond acceptors (Lipinski definition) is 0. The fourth-order valence-electron chi connectivity index (χ4n) is 1.45. The minimum absolute atomic E-state index is 0. The Hall–Kier alpha value is 1.53. The second-order valence-electron chi connectivity index (χ2n) is 2.76. The molecule has 1 atom stereocenters. The summed E-state index contributed by atoms with van der Waals surface area (Å²) in [6, 6.07) is 0. The van der Waals surface area contributed by atoms with Crippen molar-refractivity contribution in [3.63, 3.8) is 0 Å². The van der Waals surface area contributed by atoms with Gasteiger partial charge in [-0.1, -0.05) is 6.92 Å². The zero-order chi connectivity index (χ0) is 8.91. The Morgan fingerprint density at radius 1 is 1.00 bits per heavy atom. The molecule has 0 aromatic rings. The Kier molecular flexibility index (Phi) is 9.28. The zero-order valence-corrected chi connectivity index (χ0v) is 12.2.